The van der Waals surface area contributed by atoms with Gasteiger partial charge in [-0.1, -0.05) is 12.1 Å². The number of ether oxygens (including phenoxy) is 3. The van der Waals surface area contributed by atoms with Gasteiger partial charge in [0, 0.05) is 22.2 Å². The van der Waals surface area contributed by atoms with Crippen molar-refractivity contribution < 1.29 is 28.6 Å². The van der Waals surface area contributed by atoms with Gasteiger partial charge in [0.05, 0.1) is 11.3 Å². The summed E-state index contributed by atoms with van der Waals surface area (Å²) < 4.78 is 15.8. The fourth-order valence-corrected chi connectivity index (χ4v) is 7.72. The summed E-state index contributed by atoms with van der Waals surface area (Å²) in [5, 5.41) is 6.06. The molecule has 37 heavy (non-hydrogen) atoms. The van der Waals surface area contributed by atoms with Gasteiger partial charge >= 0.3 is 5.97 Å². The normalized spacial score (nSPS) is 26.5. The van der Waals surface area contributed by atoms with E-state index >= 15 is 0 Å². The van der Waals surface area contributed by atoms with Crippen molar-refractivity contribution in [1.82, 2.24) is 5.32 Å². The molecule has 1 aliphatic heterocycles. The van der Waals surface area contributed by atoms with Crippen LogP contribution in [0.25, 0.3) is 0 Å². The number of carbonyl (C=O) groups excluding carboxylic acids is 3. The van der Waals surface area contributed by atoms with Crippen LogP contribution in [0.4, 0.5) is 5.69 Å². The number of fused-ring (bicyclic) bond motifs is 1. The minimum Gasteiger partial charge on any atom is -0.454 e. The predicted octanol–water partition coefficient (Wildman–Crippen LogP) is 4.39. The van der Waals surface area contributed by atoms with Crippen molar-refractivity contribution in [2.75, 3.05) is 24.5 Å². The van der Waals surface area contributed by atoms with Crippen LogP contribution in [0.3, 0.4) is 0 Å². The van der Waals surface area contributed by atoms with Crippen molar-refractivity contribution in [2.24, 2.45) is 17.8 Å². The Hall–Kier alpha value is -3.20. The Bertz CT molecular complexity index is 1200. The Balaban J connectivity index is 1.01. The average Bonchev–Trinajstić information content (AvgIpc) is 3.33. The largest absolute Gasteiger partial charge is 0.454 e. The van der Waals surface area contributed by atoms with Crippen molar-refractivity contribution >= 4 is 35.2 Å². The maximum atomic E-state index is 12.9. The second kappa shape index (κ2) is 9.93. The van der Waals surface area contributed by atoms with Crippen molar-refractivity contribution in [3.8, 4) is 11.5 Å². The molecule has 0 aromatic heterocycles. The number of esters is 1. The van der Waals surface area contributed by atoms with Gasteiger partial charge < -0.3 is 24.8 Å². The van der Waals surface area contributed by atoms with Crippen LogP contribution in [0, 0.1) is 17.8 Å². The Morgan fingerprint density at radius 3 is 2.38 bits per heavy atom. The molecule has 4 saturated carbocycles. The lowest BCUT2D eigenvalue weighted by Gasteiger charge is -2.56. The summed E-state index contributed by atoms with van der Waals surface area (Å²) in [6.45, 7) is -0.287. The molecule has 4 bridgehead atoms. The van der Waals surface area contributed by atoms with E-state index in [-0.39, 0.29) is 24.0 Å². The number of hydrogen-bond donors (Lipinski definition) is 2. The van der Waals surface area contributed by atoms with E-state index < -0.39 is 18.5 Å². The third kappa shape index (κ3) is 5.28. The molecule has 9 heteroatoms. The molecule has 5 aliphatic rings. The summed E-state index contributed by atoms with van der Waals surface area (Å²) in [6.07, 6.45) is 7.29. The van der Waals surface area contributed by atoms with Crippen LogP contribution < -0.4 is 20.1 Å². The number of carbonyl (C=O) groups is 3. The summed E-state index contributed by atoms with van der Waals surface area (Å²) in [5.41, 5.74) is 0.827. The zero-order valence-electron chi connectivity index (χ0n) is 20.5. The van der Waals surface area contributed by atoms with Gasteiger partial charge in [0.1, 0.15) is 0 Å². The molecule has 7 rings (SSSR count). The van der Waals surface area contributed by atoms with E-state index in [4.69, 9.17) is 14.2 Å². The zero-order chi connectivity index (χ0) is 25.4. The fraction of sp³-hybridized carbons (Fsp3) is 0.464. The maximum Gasteiger partial charge on any atom is 0.339 e. The molecule has 194 valence electrons. The molecule has 0 spiro atoms. The van der Waals surface area contributed by atoms with E-state index in [1.165, 1.54) is 31.0 Å². The molecule has 0 unspecified atom stereocenters. The third-order valence-electron chi connectivity index (χ3n) is 7.90. The summed E-state index contributed by atoms with van der Waals surface area (Å²) in [6, 6.07) is 12.1. The fourth-order valence-electron chi connectivity index (χ4n) is 6.88. The molecule has 2 N–H and O–H groups in total. The number of anilines is 1. The van der Waals surface area contributed by atoms with Crippen molar-refractivity contribution in [1.29, 1.82) is 0 Å². The number of benzene rings is 2. The highest BCUT2D eigenvalue weighted by Crippen LogP contribution is 2.55. The van der Waals surface area contributed by atoms with E-state index in [0.717, 1.165) is 37.0 Å². The number of amides is 2. The molecule has 8 nitrogen and oxygen atoms in total. The Labute approximate surface area is 219 Å². The lowest BCUT2D eigenvalue weighted by molar-refractivity contribution is -0.124. The zero-order valence-corrected chi connectivity index (χ0v) is 21.3. The first-order valence-electron chi connectivity index (χ1n) is 12.8. The first-order chi connectivity index (χ1) is 17.9. The molecular formula is C28H30N2O6S. The van der Waals surface area contributed by atoms with Crippen molar-refractivity contribution in [2.45, 2.75) is 49.0 Å². The predicted molar refractivity (Wildman–Crippen MR) is 138 cm³/mol. The quantitative estimate of drug-likeness (QED) is 0.392. The van der Waals surface area contributed by atoms with Gasteiger partial charge in [0.15, 0.2) is 18.1 Å². The van der Waals surface area contributed by atoms with Gasteiger partial charge in [0.25, 0.3) is 5.91 Å². The first-order valence-corrected chi connectivity index (χ1v) is 13.8. The van der Waals surface area contributed by atoms with E-state index in [9.17, 15) is 14.4 Å². The van der Waals surface area contributed by atoms with E-state index in [2.05, 4.69) is 10.6 Å². The molecule has 2 aromatic carbocycles. The lowest BCUT2D eigenvalue weighted by Crippen LogP contribution is -2.60. The Kier molecular flexibility index (Phi) is 6.48. The van der Waals surface area contributed by atoms with Crippen LogP contribution in [0.1, 0.15) is 48.9 Å². The minimum atomic E-state index is -0.606. The van der Waals surface area contributed by atoms with Crippen molar-refractivity contribution in [3.05, 3.63) is 48.0 Å². The van der Waals surface area contributed by atoms with Crippen LogP contribution in [0.15, 0.2) is 47.4 Å². The lowest BCUT2D eigenvalue weighted by atomic mass is 9.53. The van der Waals surface area contributed by atoms with E-state index in [1.54, 1.807) is 36.4 Å². The van der Waals surface area contributed by atoms with Crippen LogP contribution >= 0.6 is 11.8 Å². The molecule has 0 saturated heterocycles. The highest BCUT2D eigenvalue weighted by Gasteiger charge is 2.51. The van der Waals surface area contributed by atoms with Crippen LogP contribution in [0.2, 0.25) is 0 Å². The van der Waals surface area contributed by atoms with Gasteiger partial charge in [-0.15, -0.1) is 11.8 Å². The average molecular weight is 523 g/mol. The van der Waals surface area contributed by atoms with Crippen LogP contribution in [-0.4, -0.2) is 42.5 Å². The molecule has 4 fully saturated rings. The molecule has 2 aromatic rings. The van der Waals surface area contributed by atoms with Gasteiger partial charge in [0.2, 0.25) is 12.7 Å². The standard InChI is InChI=1S/C28H30N2O6S/c31-25(29-20-5-6-22-23(10-20)36-16-35-22)14-34-27(33)21-3-1-2-4-24(21)37-15-26(32)30-28-11-17-7-18(12-28)9-19(8-17)13-28/h1-6,10,17-19H,7-9,11-16H2,(H,29,31)(H,30,32). The highest BCUT2D eigenvalue weighted by molar-refractivity contribution is 8.00. The van der Waals surface area contributed by atoms with Gasteiger partial charge in [-0.3, -0.25) is 9.59 Å². The van der Waals surface area contributed by atoms with Gasteiger partial charge in [-0.25, -0.2) is 4.79 Å². The SMILES string of the molecule is O=C(COC(=O)c1ccccc1SCC(=O)NC12CC3CC(CC(C3)C1)C2)Nc1ccc2c(c1)OCO2. The minimum absolute atomic E-state index is 0.0122. The van der Waals surface area contributed by atoms with Crippen LogP contribution in [-0.2, 0) is 14.3 Å². The maximum absolute atomic E-state index is 12.9. The summed E-state index contributed by atoms with van der Waals surface area (Å²) >= 11 is 1.32. The van der Waals surface area contributed by atoms with Gasteiger partial charge in [-0.2, -0.15) is 0 Å². The monoisotopic (exact) mass is 522 g/mol. The number of rotatable bonds is 8. The van der Waals surface area contributed by atoms with Gasteiger partial charge in [-0.05, 0) is 80.5 Å². The topological polar surface area (TPSA) is 103 Å². The second-order valence-electron chi connectivity index (χ2n) is 10.7. The molecule has 1 heterocycles. The summed E-state index contributed by atoms with van der Waals surface area (Å²) in [5.74, 6) is 2.62. The first kappa shape index (κ1) is 24.2. The highest BCUT2D eigenvalue weighted by atomic mass is 32.2. The van der Waals surface area contributed by atoms with E-state index in [1.807, 2.05) is 6.07 Å². The van der Waals surface area contributed by atoms with Crippen molar-refractivity contribution in [3.63, 3.8) is 0 Å². The molecule has 4 aliphatic carbocycles. The Morgan fingerprint density at radius 1 is 0.919 bits per heavy atom. The third-order valence-corrected chi connectivity index (χ3v) is 8.97. The van der Waals surface area contributed by atoms with Crippen LogP contribution in [0.5, 0.6) is 11.5 Å². The molecule has 0 radical (unpaired) electrons. The molecule has 0 atom stereocenters. The smallest absolute Gasteiger partial charge is 0.339 e. The second-order valence-corrected chi connectivity index (χ2v) is 11.7. The number of nitrogens with one attached hydrogen (secondary N) is 2. The summed E-state index contributed by atoms with van der Waals surface area (Å²) in [7, 11) is 0. The molecular weight excluding hydrogens is 492 g/mol. The number of hydrogen-bond acceptors (Lipinski definition) is 7. The number of thioether (sulfide) groups is 1. The molecule has 2 amide bonds. The summed E-state index contributed by atoms with van der Waals surface area (Å²) in [4.78, 5) is 38.7. The Morgan fingerprint density at radius 2 is 1.62 bits per heavy atom. The van der Waals surface area contributed by atoms with E-state index in [0.29, 0.717) is 27.6 Å².